The lowest BCUT2D eigenvalue weighted by molar-refractivity contribution is 0.122. The molecule has 1 aliphatic heterocycles. The molecule has 1 atom stereocenters. The molecule has 9 nitrogen and oxygen atoms in total. The predicted octanol–water partition coefficient (Wildman–Crippen LogP) is -0.433. The smallest absolute Gasteiger partial charge is 0.243 e. The topological polar surface area (TPSA) is 121 Å². The molecule has 21 heavy (non-hydrogen) atoms. The number of aliphatic hydroxyl groups excluding tert-OH is 1. The highest BCUT2D eigenvalue weighted by Gasteiger charge is 2.16. The van der Waals surface area contributed by atoms with Gasteiger partial charge in [-0.3, -0.25) is 5.43 Å². The first-order valence-corrected chi connectivity index (χ1v) is 7.20. The molecule has 1 aromatic rings. The van der Waals surface area contributed by atoms with Gasteiger partial charge in [-0.05, 0) is 12.8 Å². The van der Waals surface area contributed by atoms with Crippen LogP contribution in [0.15, 0.2) is 0 Å². The Kier molecular flexibility index (Phi) is 5.90. The monoisotopic (exact) mass is 297 g/mol. The number of aromatic nitrogens is 3. The van der Waals surface area contributed by atoms with Gasteiger partial charge in [0.05, 0.1) is 19.3 Å². The summed E-state index contributed by atoms with van der Waals surface area (Å²) in [4.78, 5) is 14.8. The maximum Gasteiger partial charge on any atom is 0.243 e. The highest BCUT2D eigenvalue weighted by Crippen LogP contribution is 2.14. The fourth-order valence-electron chi connectivity index (χ4n) is 1.97. The van der Waals surface area contributed by atoms with Crippen LogP contribution in [0, 0.1) is 0 Å². The Bertz CT molecular complexity index is 440. The largest absolute Gasteiger partial charge is 0.393 e. The van der Waals surface area contributed by atoms with E-state index in [9.17, 15) is 5.11 Å². The first-order chi connectivity index (χ1) is 10.2. The molecule has 5 N–H and O–H groups in total. The molecule has 0 spiro atoms. The number of rotatable bonds is 7. The van der Waals surface area contributed by atoms with E-state index in [1.165, 1.54) is 0 Å². The molecule has 0 amide bonds. The normalized spacial score (nSPS) is 16.6. The summed E-state index contributed by atoms with van der Waals surface area (Å²) >= 11 is 0. The van der Waals surface area contributed by atoms with Gasteiger partial charge in [-0.2, -0.15) is 15.0 Å². The number of hydrogen-bond donors (Lipinski definition) is 4. The van der Waals surface area contributed by atoms with Crippen molar-refractivity contribution < 1.29 is 9.84 Å². The number of morpholine rings is 1. The van der Waals surface area contributed by atoms with Crippen molar-refractivity contribution in [1.29, 1.82) is 0 Å². The lowest BCUT2D eigenvalue weighted by atomic mass is 10.2. The van der Waals surface area contributed by atoms with E-state index in [1.807, 2.05) is 11.8 Å². The van der Waals surface area contributed by atoms with Gasteiger partial charge in [0.25, 0.3) is 0 Å². The van der Waals surface area contributed by atoms with Crippen LogP contribution in [-0.2, 0) is 4.74 Å². The summed E-state index contributed by atoms with van der Waals surface area (Å²) in [6.07, 6.45) is 1.05. The van der Waals surface area contributed by atoms with Crippen LogP contribution < -0.4 is 21.5 Å². The summed E-state index contributed by atoms with van der Waals surface area (Å²) in [5.41, 5.74) is 2.45. The van der Waals surface area contributed by atoms with E-state index in [-0.39, 0.29) is 6.10 Å². The molecule has 2 heterocycles. The number of nitrogens with two attached hydrogens (primary N) is 1. The Labute approximate surface area is 123 Å². The van der Waals surface area contributed by atoms with Gasteiger partial charge in [0, 0.05) is 19.6 Å². The molecule has 0 aromatic carbocycles. The third-order valence-electron chi connectivity index (χ3n) is 3.28. The third-order valence-corrected chi connectivity index (χ3v) is 3.28. The highest BCUT2D eigenvalue weighted by atomic mass is 16.5. The minimum atomic E-state index is -0.315. The summed E-state index contributed by atoms with van der Waals surface area (Å²) in [6, 6.07) is 0. The van der Waals surface area contributed by atoms with Gasteiger partial charge >= 0.3 is 0 Å². The van der Waals surface area contributed by atoms with Crippen LogP contribution in [0.25, 0.3) is 0 Å². The Morgan fingerprint density at radius 2 is 2.00 bits per heavy atom. The molecule has 0 radical (unpaired) electrons. The van der Waals surface area contributed by atoms with Crippen molar-refractivity contribution in [2.75, 3.05) is 48.5 Å². The molecule has 1 unspecified atom stereocenters. The van der Waals surface area contributed by atoms with Crippen molar-refractivity contribution in [2.24, 2.45) is 5.84 Å². The molecule has 2 rings (SSSR count). The van der Waals surface area contributed by atoms with E-state index in [4.69, 9.17) is 10.6 Å². The Hall–Kier alpha value is -1.71. The van der Waals surface area contributed by atoms with E-state index in [0.29, 0.717) is 44.0 Å². The number of anilines is 3. The maximum atomic E-state index is 9.55. The van der Waals surface area contributed by atoms with Crippen LogP contribution >= 0.6 is 0 Å². The molecule has 0 bridgehead atoms. The Morgan fingerprint density at radius 1 is 1.29 bits per heavy atom. The number of hydrogen-bond acceptors (Lipinski definition) is 9. The SMILES string of the molecule is CCC(O)CCNc1nc(NN)nc(N2CCOCC2)n1. The van der Waals surface area contributed by atoms with Gasteiger partial charge < -0.3 is 20.1 Å². The third kappa shape index (κ3) is 4.66. The number of aliphatic hydroxyl groups is 1. The van der Waals surface area contributed by atoms with Gasteiger partial charge in [0.1, 0.15) is 0 Å². The van der Waals surface area contributed by atoms with Crippen molar-refractivity contribution in [1.82, 2.24) is 15.0 Å². The Morgan fingerprint density at radius 3 is 2.67 bits per heavy atom. The van der Waals surface area contributed by atoms with Crippen LogP contribution in [0.4, 0.5) is 17.8 Å². The summed E-state index contributed by atoms with van der Waals surface area (Å²) in [6.45, 7) is 5.32. The molecule has 0 saturated carbocycles. The average Bonchev–Trinajstić information content (AvgIpc) is 2.55. The number of hydrazine groups is 1. The molecule has 118 valence electrons. The van der Waals surface area contributed by atoms with Gasteiger partial charge in [-0.25, -0.2) is 5.84 Å². The van der Waals surface area contributed by atoms with Crippen LogP contribution in [0.2, 0.25) is 0 Å². The molecule has 1 saturated heterocycles. The molecular formula is C12H23N7O2. The average molecular weight is 297 g/mol. The second kappa shape index (κ2) is 7.91. The molecular weight excluding hydrogens is 274 g/mol. The highest BCUT2D eigenvalue weighted by molar-refractivity contribution is 5.43. The number of nitrogens with zero attached hydrogens (tertiary/aromatic N) is 4. The van der Waals surface area contributed by atoms with Gasteiger partial charge in [-0.1, -0.05) is 6.92 Å². The molecule has 0 aliphatic carbocycles. The van der Waals surface area contributed by atoms with E-state index < -0.39 is 0 Å². The Balaban J connectivity index is 2.02. The lowest BCUT2D eigenvalue weighted by Gasteiger charge is -2.27. The second-order valence-electron chi connectivity index (χ2n) is 4.80. The molecule has 1 aromatic heterocycles. The summed E-state index contributed by atoms with van der Waals surface area (Å²) in [5, 5.41) is 12.6. The van der Waals surface area contributed by atoms with Crippen LogP contribution in [0.1, 0.15) is 19.8 Å². The van der Waals surface area contributed by atoms with Crippen LogP contribution in [0.3, 0.4) is 0 Å². The molecule has 1 fully saturated rings. The zero-order valence-corrected chi connectivity index (χ0v) is 12.2. The summed E-state index contributed by atoms with van der Waals surface area (Å²) < 4.78 is 5.32. The maximum absolute atomic E-state index is 9.55. The van der Waals surface area contributed by atoms with Crippen molar-refractivity contribution >= 4 is 17.8 Å². The van der Waals surface area contributed by atoms with Crippen LogP contribution in [-0.4, -0.2) is 59.0 Å². The number of nitrogen functional groups attached to an aromatic ring is 1. The fourth-order valence-corrected chi connectivity index (χ4v) is 1.97. The zero-order chi connectivity index (χ0) is 15.1. The van der Waals surface area contributed by atoms with Gasteiger partial charge in [0.15, 0.2) is 0 Å². The standard InChI is InChI=1S/C12H23N7O2/c1-2-9(20)3-4-14-10-15-11(18-13)17-12(16-10)19-5-7-21-8-6-19/h9,20H,2-8,13H2,1H3,(H2,14,15,16,17,18). The minimum absolute atomic E-state index is 0.310. The van der Waals surface area contributed by atoms with E-state index >= 15 is 0 Å². The zero-order valence-electron chi connectivity index (χ0n) is 12.2. The van der Waals surface area contributed by atoms with E-state index in [0.717, 1.165) is 19.5 Å². The van der Waals surface area contributed by atoms with Gasteiger partial charge in [0.2, 0.25) is 17.8 Å². The van der Waals surface area contributed by atoms with E-state index in [1.54, 1.807) is 0 Å². The summed E-state index contributed by atoms with van der Waals surface area (Å²) in [7, 11) is 0. The van der Waals surface area contributed by atoms with Gasteiger partial charge in [-0.15, -0.1) is 0 Å². The predicted molar refractivity (Wildman–Crippen MR) is 80.1 cm³/mol. The number of nitrogens with one attached hydrogen (secondary N) is 2. The molecule has 9 heteroatoms. The van der Waals surface area contributed by atoms with Crippen LogP contribution in [0.5, 0.6) is 0 Å². The summed E-state index contributed by atoms with van der Waals surface area (Å²) in [5.74, 6) is 6.73. The lowest BCUT2D eigenvalue weighted by Crippen LogP contribution is -2.37. The van der Waals surface area contributed by atoms with Crippen molar-refractivity contribution in [3.05, 3.63) is 0 Å². The first-order valence-electron chi connectivity index (χ1n) is 7.20. The van der Waals surface area contributed by atoms with E-state index in [2.05, 4.69) is 25.7 Å². The van der Waals surface area contributed by atoms with Crippen molar-refractivity contribution in [2.45, 2.75) is 25.9 Å². The fraction of sp³-hybridized carbons (Fsp3) is 0.750. The minimum Gasteiger partial charge on any atom is -0.393 e. The quantitative estimate of drug-likeness (QED) is 0.392. The molecule has 1 aliphatic rings. The van der Waals surface area contributed by atoms with Crippen molar-refractivity contribution in [3.8, 4) is 0 Å². The number of ether oxygens (including phenoxy) is 1. The first kappa shape index (κ1) is 15.7. The van der Waals surface area contributed by atoms with Crippen molar-refractivity contribution in [3.63, 3.8) is 0 Å². The second-order valence-corrected chi connectivity index (χ2v) is 4.80.